The fraction of sp³-hybridized carbons (Fsp3) is 0.350. The molecular weight excluding hydrogens is 333 g/mol. The number of nitrogens with one attached hydrogen (secondary N) is 2. The summed E-state index contributed by atoms with van der Waals surface area (Å²) >= 11 is 0. The number of nitrogens with zero attached hydrogens (tertiary/aromatic N) is 1. The van der Waals surface area contributed by atoms with Crippen LogP contribution in [0.1, 0.15) is 25.0 Å². The van der Waals surface area contributed by atoms with E-state index < -0.39 is 0 Å². The van der Waals surface area contributed by atoms with Crippen molar-refractivity contribution in [3.8, 4) is 11.5 Å². The first kappa shape index (κ1) is 19.6. The molecule has 2 aromatic carbocycles. The van der Waals surface area contributed by atoms with Gasteiger partial charge in [0.25, 0.3) is 0 Å². The molecule has 0 radical (unpaired) electrons. The van der Waals surface area contributed by atoms with Crippen molar-refractivity contribution >= 4 is 5.96 Å². The van der Waals surface area contributed by atoms with E-state index in [2.05, 4.69) is 15.6 Å². The van der Waals surface area contributed by atoms with Crippen LogP contribution in [-0.2, 0) is 13.1 Å². The molecule has 2 rings (SSSR count). The van der Waals surface area contributed by atoms with Crippen LogP contribution in [0.15, 0.2) is 47.5 Å². The lowest BCUT2D eigenvalue weighted by atomic mass is 10.2. The van der Waals surface area contributed by atoms with Gasteiger partial charge in [-0.2, -0.15) is 0 Å². The van der Waals surface area contributed by atoms with Crippen molar-refractivity contribution in [3.63, 3.8) is 0 Å². The van der Waals surface area contributed by atoms with Gasteiger partial charge in [0.2, 0.25) is 0 Å². The number of halogens is 1. The van der Waals surface area contributed by atoms with E-state index in [0.717, 1.165) is 12.1 Å². The Labute approximate surface area is 154 Å². The lowest BCUT2D eigenvalue weighted by Gasteiger charge is -2.13. The molecule has 0 aliphatic carbocycles. The number of hydrogen-bond donors (Lipinski definition) is 2. The second kappa shape index (κ2) is 10.3. The molecule has 0 atom stereocenters. The lowest BCUT2D eigenvalue weighted by Crippen LogP contribution is -2.37. The Hall–Kier alpha value is -2.76. The van der Waals surface area contributed by atoms with Crippen LogP contribution in [0.4, 0.5) is 4.39 Å². The summed E-state index contributed by atoms with van der Waals surface area (Å²) in [5, 5.41) is 6.32. The smallest absolute Gasteiger partial charge is 0.191 e. The average Bonchev–Trinajstić information content (AvgIpc) is 2.65. The third-order valence-corrected chi connectivity index (χ3v) is 3.70. The zero-order valence-electron chi connectivity index (χ0n) is 15.5. The molecule has 0 saturated heterocycles. The van der Waals surface area contributed by atoms with E-state index in [1.807, 2.05) is 38.1 Å². The zero-order chi connectivity index (χ0) is 18.8. The number of aliphatic imine (C=N–C) groups is 1. The SMILES string of the molecule is CCNC(=NCc1ccc(OC)c(OCC)c1)NCc1ccccc1F. The molecule has 0 amide bonds. The molecule has 6 heteroatoms. The molecule has 0 fully saturated rings. The van der Waals surface area contributed by atoms with Gasteiger partial charge in [0, 0.05) is 18.7 Å². The Morgan fingerprint density at radius 1 is 1.08 bits per heavy atom. The van der Waals surface area contributed by atoms with Crippen molar-refractivity contribution in [2.75, 3.05) is 20.3 Å². The molecule has 2 aromatic rings. The van der Waals surface area contributed by atoms with Gasteiger partial charge in [-0.3, -0.25) is 0 Å². The molecule has 0 aliphatic rings. The van der Waals surface area contributed by atoms with Crippen molar-refractivity contribution in [1.29, 1.82) is 0 Å². The first-order valence-electron chi connectivity index (χ1n) is 8.73. The van der Waals surface area contributed by atoms with E-state index in [1.165, 1.54) is 6.07 Å². The Kier molecular flexibility index (Phi) is 7.74. The third-order valence-electron chi connectivity index (χ3n) is 3.70. The minimum absolute atomic E-state index is 0.229. The topological polar surface area (TPSA) is 54.9 Å². The van der Waals surface area contributed by atoms with E-state index in [0.29, 0.717) is 42.7 Å². The molecule has 0 heterocycles. The lowest BCUT2D eigenvalue weighted by molar-refractivity contribution is 0.310. The van der Waals surface area contributed by atoms with Gasteiger partial charge < -0.3 is 20.1 Å². The molecule has 2 N–H and O–H groups in total. The Bertz CT molecular complexity index is 735. The average molecular weight is 359 g/mol. The molecule has 26 heavy (non-hydrogen) atoms. The molecule has 0 aliphatic heterocycles. The summed E-state index contributed by atoms with van der Waals surface area (Å²) in [5.74, 6) is 1.80. The summed E-state index contributed by atoms with van der Waals surface area (Å²) in [5.41, 5.74) is 1.60. The highest BCUT2D eigenvalue weighted by Crippen LogP contribution is 2.28. The van der Waals surface area contributed by atoms with Crippen molar-refractivity contribution < 1.29 is 13.9 Å². The van der Waals surface area contributed by atoms with E-state index in [-0.39, 0.29) is 5.82 Å². The molecule has 0 aromatic heterocycles. The van der Waals surface area contributed by atoms with E-state index in [9.17, 15) is 4.39 Å². The van der Waals surface area contributed by atoms with Crippen molar-refractivity contribution in [3.05, 3.63) is 59.4 Å². The minimum Gasteiger partial charge on any atom is -0.493 e. The van der Waals surface area contributed by atoms with Crippen LogP contribution in [0.25, 0.3) is 0 Å². The molecule has 0 saturated carbocycles. The van der Waals surface area contributed by atoms with Crippen LogP contribution >= 0.6 is 0 Å². The van der Waals surface area contributed by atoms with Crippen LogP contribution < -0.4 is 20.1 Å². The Morgan fingerprint density at radius 3 is 2.58 bits per heavy atom. The van der Waals surface area contributed by atoms with Gasteiger partial charge in [0.05, 0.1) is 20.3 Å². The van der Waals surface area contributed by atoms with Gasteiger partial charge in [0.15, 0.2) is 17.5 Å². The second-order valence-corrected chi connectivity index (χ2v) is 5.56. The first-order chi connectivity index (χ1) is 12.7. The summed E-state index contributed by atoms with van der Waals surface area (Å²) in [6, 6.07) is 12.4. The Morgan fingerprint density at radius 2 is 1.88 bits per heavy atom. The molecule has 0 unspecified atom stereocenters. The van der Waals surface area contributed by atoms with Crippen molar-refractivity contribution in [1.82, 2.24) is 10.6 Å². The predicted molar refractivity (Wildman–Crippen MR) is 102 cm³/mol. The van der Waals surface area contributed by atoms with E-state index in [4.69, 9.17) is 9.47 Å². The van der Waals surface area contributed by atoms with E-state index >= 15 is 0 Å². The third kappa shape index (κ3) is 5.65. The maximum Gasteiger partial charge on any atom is 0.191 e. The number of guanidine groups is 1. The van der Waals surface area contributed by atoms with Crippen LogP contribution in [0.2, 0.25) is 0 Å². The van der Waals surface area contributed by atoms with Crippen molar-refractivity contribution in [2.45, 2.75) is 26.9 Å². The number of rotatable bonds is 8. The van der Waals surface area contributed by atoms with Gasteiger partial charge in [-0.15, -0.1) is 0 Å². The second-order valence-electron chi connectivity index (χ2n) is 5.56. The van der Waals surface area contributed by atoms with Crippen LogP contribution in [0, 0.1) is 5.82 Å². The Balaban J connectivity index is 2.06. The van der Waals surface area contributed by atoms with E-state index in [1.54, 1.807) is 19.2 Å². The number of benzene rings is 2. The van der Waals surface area contributed by atoms with Crippen molar-refractivity contribution in [2.24, 2.45) is 4.99 Å². The maximum absolute atomic E-state index is 13.7. The molecule has 140 valence electrons. The molecule has 0 bridgehead atoms. The highest BCUT2D eigenvalue weighted by molar-refractivity contribution is 5.79. The molecule has 5 nitrogen and oxygen atoms in total. The normalized spacial score (nSPS) is 11.2. The standard InChI is InChI=1S/C20H26FN3O2/c1-4-22-20(24-14-16-8-6-7-9-17(16)21)23-13-15-10-11-18(25-3)19(12-15)26-5-2/h6-12H,4-5,13-14H2,1-3H3,(H2,22,23,24). The van der Waals surface area contributed by atoms with Gasteiger partial charge in [-0.05, 0) is 37.6 Å². The molecule has 0 spiro atoms. The maximum atomic E-state index is 13.7. The van der Waals surface area contributed by atoms with Gasteiger partial charge in [0.1, 0.15) is 5.82 Å². The zero-order valence-corrected chi connectivity index (χ0v) is 15.5. The highest BCUT2D eigenvalue weighted by Gasteiger charge is 2.06. The number of methoxy groups -OCH3 is 1. The highest BCUT2D eigenvalue weighted by atomic mass is 19.1. The molecular formula is C20H26FN3O2. The monoisotopic (exact) mass is 359 g/mol. The van der Waals surface area contributed by atoms with Crippen LogP contribution in [-0.4, -0.2) is 26.2 Å². The predicted octanol–water partition coefficient (Wildman–Crippen LogP) is 3.49. The number of hydrogen-bond acceptors (Lipinski definition) is 3. The fourth-order valence-electron chi connectivity index (χ4n) is 2.42. The largest absolute Gasteiger partial charge is 0.493 e. The summed E-state index contributed by atoms with van der Waals surface area (Å²) in [6.45, 7) is 6.04. The van der Waals surface area contributed by atoms with Gasteiger partial charge in [-0.1, -0.05) is 24.3 Å². The van der Waals surface area contributed by atoms with Crippen LogP contribution in [0.3, 0.4) is 0 Å². The number of ether oxygens (including phenoxy) is 2. The quantitative estimate of drug-likeness (QED) is 0.560. The van der Waals surface area contributed by atoms with Gasteiger partial charge in [-0.25, -0.2) is 9.38 Å². The summed E-state index contributed by atoms with van der Waals surface area (Å²) in [6.07, 6.45) is 0. The van der Waals surface area contributed by atoms with Gasteiger partial charge >= 0.3 is 0 Å². The fourth-order valence-corrected chi connectivity index (χ4v) is 2.42. The minimum atomic E-state index is -0.229. The summed E-state index contributed by atoms with van der Waals surface area (Å²) in [7, 11) is 1.62. The first-order valence-corrected chi connectivity index (χ1v) is 8.73. The summed E-state index contributed by atoms with van der Waals surface area (Å²) < 4.78 is 24.6. The van der Waals surface area contributed by atoms with Crippen LogP contribution in [0.5, 0.6) is 11.5 Å². The summed E-state index contributed by atoms with van der Waals surface area (Å²) in [4.78, 5) is 4.56.